The molecule has 1 atom stereocenters. The highest BCUT2D eigenvalue weighted by Gasteiger charge is 2.25. The van der Waals surface area contributed by atoms with Crippen LogP contribution in [0, 0.1) is 29.8 Å². The van der Waals surface area contributed by atoms with Gasteiger partial charge in [0.15, 0.2) is 5.82 Å². The summed E-state index contributed by atoms with van der Waals surface area (Å²) in [6.45, 7) is 7.69. The van der Waals surface area contributed by atoms with E-state index in [0.717, 1.165) is 24.3 Å². The predicted molar refractivity (Wildman–Crippen MR) is 148 cm³/mol. The molecule has 1 fully saturated rings. The van der Waals surface area contributed by atoms with Crippen molar-refractivity contribution in [2.75, 3.05) is 6.61 Å². The summed E-state index contributed by atoms with van der Waals surface area (Å²) in [6.07, 6.45) is 1.65. The van der Waals surface area contributed by atoms with Gasteiger partial charge in [-0.15, -0.1) is 4.98 Å². The average molecular weight is 604 g/mol. The second-order valence-corrected chi connectivity index (χ2v) is 10.1. The van der Waals surface area contributed by atoms with E-state index in [9.17, 15) is 18.7 Å². The Morgan fingerprint density at radius 1 is 1.05 bits per heavy atom. The molecule has 0 unspecified atom stereocenters. The first kappa shape index (κ1) is 28.8. The fraction of sp³-hybridized carbons (Fsp3) is 0.194. The number of benzene rings is 2. The molecule has 6 rings (SSSR count). The molecule has 9 nitrogen and oxygen atoms in total. The minimum absolute atomic E-state index is 0.0133. The number of carboxylic acids is 1. The first-order valence-electron chi connectivity index (χ1n) is 13.3. The van der Waals surface area contributed by atoms with Crippen molar-refractivity contribution in [2.24, 2.45) is 0 Å². The maximum Gasteiger partial charge on any atom is 0.335 e. The van der Waals surface area contributed by atoms with E-state index in [2.05, 4.69) is 19.8 Å². The van der Waals surface area contributed by atoms with Gasteiger partial charge in [0, 0.05) is 30.2 Å². The number of carboxylic acid groups (broad SMARTS) is 1. The Morgan fingerprint density at radius 3 is 2.55 bits per heavy atom. The quantitative estimate of drug-likeness (QED) is 0.157. The summed E-state index contributed by atoms with van der Waals surface area (Å²) in [6, 6.07) is 9.24. The lowest BCUT2D eigenvalue weighted by Gasteiger charge is -2.27. The summed E-state index contributed by atoms with van der Waals surface area (Å²) in [7, 11) is 0. The van der Waals surface area contributed by atoms with Gasteiger partial charge in [0.1, 0.15) is 47.3 Å². The number of hydrogen-bond acceptors (Lipinski definition) is 6. The molecule has 1 N–H and O–H groups in total. The van der Waals surface area contributed by atoms with E-state index in [0.29, 0.717) is 18.6 Å². The molecular formula is C31H21F4N5O4. The number of fused-ring (bicyclic) bond motifs is 1. The summed E-state index contributed by atoms with van der Waals surface area (Å²) >= 11 is 0. The normalized spacial score (nSPS) is 14.3. The van der Waals surface area contributed by atoms with Gasteiger partial charge >= 0.3 is 5.97 Å². The number of ether oxygens (including phenoxy) is 2. The molecule has 44 heavy (non-hydrogen) atoms. The molecule has 0 spiro atoms. The molecule has 3 aromatic heterocycles. The van der Waals surface area contributed by atoms with E-state index in [1.807, 2.05) is 0 Å². The zero-order valence-corrected chi connectivity index (χ0v) is 22.7. The van der Waals surface area contributed by atoms with Gasteiger partial charge in [-0.3, -0.25) is 0 Å². The number of imidazole rings is 1. The van der Waals surface area contributed by atoms with Crippen LogP contribution < -0.4 is 4.74 Å². The largest absolute Gasteiger partial charge is 0.478 e. The zero-order valence-electron chi connectivity index (χ0n) is 22.7. The molecule has 4 heterocycles. The first-order valence-corrected chi connectivity index (χ1v) is 13.3. The van der Waals surface area contributed by atoms with E-state index >= 15 is 8.78 Å². The smallest absolute Gasteiger partial charge is 0.335 e. The fourth-order valence-electron chi connectivity index (χ4n) is 4.82. The minimum atomic E-state index is -1.33. The minimum Gasteiger partial charge on any atom is -0.478 e. The van der Waals surface area contributed by atoms with Crippen molar-refractivity contribution in [1.29, 1.82) is 0 Å². The number of hydrogen-bond donors (Lipinski definition) is 1. The van der Waals surface area contributed by atoms with Crippen LogP contribution >= 0.6 is 0 Å². The summed E-state index contributed by atoms with van der Waals surface area (Å²) in [5.74, 6) is -4.61. The van der Waals surface area contributed by atoms with Crippen LogP contribution in [0.15, 0.2) is 54.7 Å². The second kappa shape index (κ2) is 11.7. The molecule has 0 amide bonds. The van der Waals surface area contributed by atoms with Crippen molar-refractivity contribution in [1.82, 2.24) is 19.5 Å². The Bertz CT molecular complexity index is 1950. The van der Waals surface area contributed by atoms with Gasteiger partial charge in [0.2, 0.25) is 5.88 Å². The molecule has 5 aromatic rings. The van der Waals surface area contributed by atoms with Gasteiger partial charge in [-0.2, -0.15) is 0 Å². The Hall–Kier alpha value is -5.35. The van der Waals surface area contributed by atoms with Gasteiger partial charge in [0.25, 0.3) is 5.82 Å². The SMILES string of the molecule is [C-]#[N+]c1ccc(COc2ccc(F)c(-c3cc(F)c(Cc4nc5c(F)cc(C(=O)O)cc5n4C[C@@H]4CCO4)cc3F)n2)cn1. The molecule has 0 bridgehead atoms. The van der Waals surface area contributed by atoms with E-state index in [1.54, 1.807) is 10.6 Å². The van der Waals surface area contributed by atoms with Crippen LogP contribution in [0.4, 0.5) is 23.4 Å². The highest BCUT2D eigenvalue weighted by molar-refractivity contribution is 5.92. The summed E-state index contributed by atoms with van der Waals surface area (Å²) in [4.78, 5) is 27.0. The van der Waals surface area contributed by atoms with Gasteiger partial charge in [-0.25, -0.2) is 32.3 Å². The van der Waals surface area contributed by atoms with E-state index in [1.165, 1.54) is 24.4 Å². The van der Waals surface area contributed by atoms with Crippen LogP contribution in [0.25, 0.3) is 27.1 Å². The number of halogens is 4. The standard InChI is InChI=1S/C31H21F4N5O4/c1-36-26-4-2-16(13-37-26)15-44-28-5-3-21(32)29(39-28)20-12-22(33)17(8-23(20)34)11-27-38-30-24(35)9-18(31(41)42)10-25(30)40(27)14-19-6-7-43-19/h2-5,8-10,12-13,19H,6-7,11,14-15H2,(H,41,42)/t19-/m0/s1. The molecule has 0 aliphatic carbocycles. The molecule has 1 aliphatic rings. The lowest BCUT2D eigenvalue weighted by Crippen LogP contribution is -2.31. The van der Waals surface area contributed by atoms with Gasteiger partial charge in [0.05, 0.1) is 23.7 Å². The van der Waals surface area contributed by atoms with Crippen molar-refractivity contribution in [3.8, 4) is 17.1 Å². The third kappa shape index (κ3) is 5.67. The van der Waals surface area contributed by atoms with Crippen LogP contribution in [0.1, 0.15) is 33.7 Å². The number of rotatable bonds is 9. The molecule has 1 saturated heterocycles. The van der Waals surface area contributed by atoms with Crippen LogP contribution in [0.5, 0.6) is 5.88 Å². The highest BCUT2D eigenvalue weighted by atomic mass is 19.1. The topological polar surface area (TPSA) is 104 Å². The Balaban J connectivity index is 1.30. The molecule has 13 heteroatoms. The summed E-state index contributed by atoms with van der Waals surface area (Å²) in [5.41, 5.74) is -0.640. The van der Waals surface area contributed by atoms with Crippen LogP contribution in [-0.4, -0.2) is 43.3 Å². The van der Waals surface area contributed by atoms with Crippen molar-refractivity contribution in [3.05, 3.63) is 112 Å². The Morgan fingerprint density at radius 2 is 1.86 bits per heavy atom. The van der Waals surface area contributed by atoms with Crippen molar-refractivity contribution in [3.63, 3.8) is 0 Å². The first-order chi connectivity index (χ1) is 21.2. The van der Waals surface area contributed by atoms with E-state index in [4.69, 9.17) is 16.0 Å². The third-order valence-electron chi connectivity index (χ3n) is 7.18. The lowest BCUT2D eigenvalue weighted by molar-refractivity contribution is -0.0589. The van der Waals surface area contributed by atoms with Gasteiger partial charge < -0.3 is 24.0 Å². The van der Waals surface area contributed by atoms with E-state index in [-0.39, 0.29) is 65.4 Å². The second-order valence-electron chi connectivity index (χ2n) is 10.1. The molecular weight excluding hydrogens is 582 g/mol. The van der Waals surface area contributed by atoms with Crippen LogP contribution in [0.3, 0.4) is 0 Å². The number of nitrogens with zero attached hydrogens (tertiary/aromatic N) is 5. The summed E-state index contributed by atoms with van der Waals surface area (Å²) in [5, 5.41) is 9.40. The van der Waals surface area contributed by atoms with E-state index < -0.39 is 40.5 Å². The highest BCUT2D eigenvalue weighted by Crippen LogP contribution is 2.31. The maximum atomic E-state index is 15.5. The van der Waals surface area contributed by atoms with Gasteiger partial charge in [-0.1, -0.05) is 12.6 Å². The number of aromatic carboxylic acids is 1. The lowest BCUT2D eigenvalue weighted by atomic mass is 10.0. The number of aromatic nitrogens is 4. The summed E-state index contributed by atoms with van der Waals surface area (Å²) < 4.78 is 73.1. The monoisotopic (exact) mass is 603 g/mol. The average Bonchev–Trinajstić information content (AvgIpc) is 3.33. The molecule has 222 valence electrons. The molecule has 1 aliphatic heterocycles. The predicted octanol–water partition coefficient (Wildman–Crippen LogP) is 6.26. The Labute approximate surface area is 247 Å². The van der Waals surface area contributed by atoms with Gasteiger partial charge in [-0.05, 0) is 48.4 Å². The maximum absolute atomic E-state index is 15.5. The number of pyridine rings is 2. The molecule has 0 saturated carbocycles. The Kier molecular flexibility index (Phi) is 7.67. The van der Waals surface area contributed by atoms with Crippen molar-refractivity contribution < 1.29 is 36.9 Å². The molecule has 2 aromatic carbocycles. The van der Waals surface area contributed by atoms with Crippen LogP contribution in [-0.2, 0) is 24.3 Å². The third-order valence-corrected chi connectivity index (χ3v) is 7.18. The van der Waals surface area contributed by atoms with Crippen LogP contribution in [0.2, 0.25) is 0 Å². The fourth-order valence-corrected chi connectivity index (χ4v) is 4.82. The zero-order chi connectivity index (χ0) is 31.0. The van der Waals surface area contributed by atoms with Crippen molar-refractivity contribution >= 4 is 22.8 Å². The van der Waals surface area contributed by atoms with Crippen molar-refractivity contribution in [2.45, 2.75) is 32.1 Å². The molecule has 0 radical (unpaired) electrons. The number of carbonyl (C=O) groups is 1.